The summed E-state index contributed by atoms with van der Waals surface area (Å²) in [6.07, 6.45) is 0. The van der Waals surface area contributed by atoms with Gasteiger partial charge in [-0.05, 0) is 44.0 Å². The van der Waals surface area contributed by atoms with E-state index in [9.17, 15) is 13.6 Å². The van der Waals surface area contributed by atoms with Crippen LogP contribution in [-0.4, -0.2) is 9.97 Å². The van der Waals surface area contributed by atoms with Gasteiger partial charge in [0.05, 0.1) is 11.9 Å². The van der Waals surface area contributed by atoms with E-state index in [4.69, 9.17) is 0 Å². The van der Waals surface area contributed by atoms with Crippen LogP contribution in [0.5, 0.6) is 0 Å². The monoisotopic (exact) mass is 425 g/mol. The average Bonchev–Trinajstić information content (AvgIpc) is 3.05. The molecule has 0 fully saturated rings. The van der Waals surface area contributed by atoms with Gasteiger partial charge in [0.1, 0.15) is 10.7 Å². The Balaban J connectivity index is 1.61. The molecule has 30 heavy (non-hydrogen) atoms. The highest BCUT2D eigenvalue weighted by molar-refractivity contribution is 7.19. The fourth-order valence-corrected chi connectivity index (χ4v) is 4.53. The number of hydrogen-bond donors (Lipinski definition) is 2. The van der Waals surface area contributed by atoms with Gasteiger partial charge in [0.15, 0.2) is 11.6 Å². The Morgan fingerprint density at radius 1 is 1.10 bits per heavy atom. The van der Waals surface area contributed by atoms with Crippen molar-refractivity contribution in [3.8, 4) is 11.1 Å². The summed E-state index contributed by atoms with van der Waals surface area (Å²) >= 11 is 1.49. The van der Waals surface area contributed by atoms with Gasteiger partial charge in [0.25, 0.3) is 5.56 Å². The molecule has 4 nitrogen and oxygen atoms in total. The smallest absolute Gasteiger partial charge is 0.260 e. The van der Waals surface area contributed by atoms with Crippen molar-refractivity contribution in [3.63, 3.8) is 0 Å². The van der Waals surface area contributed by atoms with Crippen molar-refractivity contribution >= 4 is 21.6 Å². The second kappa shape index (κ2) is 8.08. The third-order valence-electron chi connectivity index (χ3n) is 5.15. The van der Waals surface area contributed by atoms with Crippen LogP contribution in [0.4, 0.5) is 8.78 Å². The molecule has 0 aliphatic carbocycles. The van der Waals surface area contributed by atoms with Gasteiger partial charge in [-0.2, -0.15) is 0 Å². The Labute approximate surface area is 176 Å². The van der Waals surface area contributed by atoms with Gasteiger partial charge in [-0.25, -0.2) is 13.8 Å². The van der Waals surface area contributed by atoms with Gasteiger partial charge in [-0.3, -0.25) is 4.79 Å². The van der Waals surface area contributed by atoms with Crippen molar-refractivity contribution in [2.24, 2.45) is 0 Å². The van der Waals surface area contributed by atoms with Gasteiger partial charge in [0, 0.05) is 16.5 Å². The molecule has 4 rings (SSSR count). The van der Waals surface area contributed by atoms with Gasteiger partial charge in [-0.1, -0.05) is 35.9 Å². The molecule has 1 atom stereocenters. The molecular weight excluding hydrogens is 404 g/mol. The molecule has 0 bridgehead atoms. The maximum Gasteiger partial charge on any atom is 0.260 e. The van der Waals surface area contributed by atoms with Crippen LogP contribution in [0.25, 0.3) is 21.3 Å². The minimum atomic E-state index is -0.883. The third-order valence-corrected chi connectivity index (χ3v) is 6.15. The second-order valence-corrected chi connectivity index (χ2v) is 8.57. The van der Waals surface area contributed by atoms with Crippen molar-refractivity contribution in [2.45, 2.75) is 33.4 Å². The van der Waals surface area contributed by atoms with Crippen LogP contribution in [-0.2, 0) is 6.54 Å². The molecule has 0 spiro atoms. The summed E-state index contributed by atoms with van der Waals surface area (Å²) in [5, 5.41) is 3.79. The van der Waals surface area contributed by atoms with E-state index in [1.54, 1.807) is 0 Å². The highest BCUT2D eigenvalue weighted by Gasteiger charge is 2.17. The number of halogens is 2. The van der Waals surface area contributed by atoms with E-state index in [0.29, 0.717) is 28.1 Å². The van der Waals surface area contributed by atoms with Crippen molar-refractivity contribution in [1.82, 2.24) is 15.3 Å². The Morgan fingerprint density at radius 3 is 2.53 bits per heavy atom. The van der Waals surface area contributed by atoms with E-state index in [1.165, 1.54) is 23.5 Å². The normalized spacial score (nSPS) is 12.4. The molecule has 2 aromatic carbocycles. The van der Waals surface area contributed by atoms with E-state index in [1.807, 2.05) is 45.0 Å². The molecule has 0 amide bonds. The first-order chi connectivity index (χ1) is 14.3. The summed E-state index contributed by atoms with van der Waals surface area (Å²) in [4.78, 5) is 22.1. The fraction of sp³-hybridized carbons (Fsp3) is 0.217. The molecule has 0 radical (unpaired) electrons. The fourth-order valence-electron chi connectivity index (χ4n) is 3.46. The van der Waals surface area contributed by atoms with Crippen LogP contribution < -0.4 is 10.9 Å². The number of rotatable bonds is 5. The minimum Gasteiger partial charge on any atom is -0.309 e. The molecule has 0 saturated heterocycles. The number of hydrogen-bond acceptors (Lipinski definition) is 4. The molecule has 1 unspecified atom stereocenters. The van der Waals surface area contributed by atoms with Gasteiger partial charge < -0.3 is 10.3 Å². The molecule has 4 aromatic rings. The zero-order valence-electron chi connectivity index (χ0n) is 16.8. The van der Waals surface area contributed by atoms with Gasteiger partial charge in [-0.15, -0.1) is 11.3 Å². The van der Waals surface area contributed by atoms with Crippen LogP contribution in [0.3, 0.4) is 0 Å². The van der Waals surface area contributed by atoms with Crippen molar-refractivity contribution < 1.29 is 8.78 Å². The van der Waals surface area contributed by atoms with Crippen LogP contribution in [0, 0.1) is 25.5 Å². The van der Waals surface area contributed by atoms with Crippen molar-refractivity contribution in [3.05, 3.63) is 86.3 Å². The average molecular weight is 426 g/mol. The Kier molecular flexibility index (Phi) is 5.49. The molecule has 2 N–H and O–H groups in total. The maximum absolute atomic E-state index is 13.5. The number of benzene rings is 2. The lowest BCUT2D eigenvalue weighted by Crippen LogP contribution is -2.22. The molecule has 0 aliphatic rings. The lowest BCUT2D eigenvalue weighted by molar-refractivity contribution is 0.499. The van der Waals surface area contributed by atoms with Crippen LogP contribution in [0.1, 0.15) is 34.8 Å². The summed E-state index contributed by atoms with van der Waals surface area (Å²) < 4.78 is 26.6. The molecule has 2 aromatic heterocycles. The number of thiophene rings is 1. The number of nitrogens with one attached hydrogen (secondary N) is 2. The quantitative estimate of drug-likeness (QED) is 0.450. The molecule has 0 aliphatic heterocycles. The van der Waals surface area contributed by atoms with E-state index < -0.39 is 11.6 Å². The zero-order valence-corrected chi connectivity index (χ0v) is 17.7. The van der Waals surface area contributed by atoms with E-state index in [2.05, 4.69) is 15.3 Å². The standard InChI is InChI=1S/C23H21F2N3OS/c1-12-4-6-15(7-5-12)20-14(3)30-23-21(20)22(29)27-19(28-23)11-26-13(2)16-8-9-17(24)18(25)10-16/h4-10,13,26H,11H2,1-3H3,(H,27,28,29). The van der Waals surface area contributed by atoms with E-state index in [-0.39, 0.29) is 11.6 Å². The van der Waals surface area contributed by atoms with Crippen molar-refractivity contribution in [1.29, 1.82) is 0 Å². The second-order valence-electron chi connectivity index (χ2n) is 7.37. The first-order valence-corrected chi connectivity index (χ1v) is 10.4. The molecular formula is C23H21F2N3OS. The van der Waals surface area contributed by atoms with Gasteiger partial charge in [0.2, 0.25) is 0 Å². The third kappa shape index (κ3) is 3.91. The highest BCUT2D eigenvalue weighted by Crippen LogP contribution is 2.35. The lowest BCUT2D eigenvalue weighted by Gasteiger charge is -2.14. The van der Waals surface area contributed by atoms with Gasteiger partial charge >= 0.3 is 0 Å². The van der Waals surface area contributed by atoms with Crippen LogP contribution >= 0.6 is 11.3 Å². The summed E-state index contributed by atoms with van der Waals surface area (Å²) in [5.74, 6) is -1.26. The van der Waals surface area contributed by atoms with Crippen LogP contribution in [0.2, 0.25) is 0 Å². The lowest BCUT2D eigenvalue weighted by atomic mass is 10.0. The maximum atomic E-state index is 13.5. The Morgan fingerprint density at radius 2 is 1.83 bits per heavy atom. The number of aryl methyl sites for hydroxylation is 2. The Bertz CT molecular complexity index is 1280. The van der Waals surface area contributed by atoms with E-state index >= 15 is 0 Å². The predicted molar refractivity (Wildman–Crippen MR) is 117 cm³/mol. The number of nitrogens with zero attached hydrogens (tertiary/aromatic N) is 1. The highest BCUT2D eigenvalue weighted by atomic mass is 32.1. The summed E-state index contributed by atoms with van der Waals surface area (Å²) in [7, 11) is 0. The molecule has 7 heteroatoms. The summed E-state index contributed by atoms with van der Waals surface area (Å²) in [6, 6.07) is 11.7. The molecule has 2 heterocycles. The predicted octanol–water partition coefficient (Wildman–Crippen LogP) is 5.40. The largest absolute Gasteiger partial charge is 0.309 e. The summed E-state index contributed by atoms with van der Waals surface area (Å²) in [6.45, 7) is 6.15. The van der Waals surface area contributed by atoms with Crippen LogP contribution in [0.15, 0.2) is 47.3 Å². The Hall–Kier alpha value is -2.90. The number of H-pyrrole nitrogens is 1. The first-order valence-electron chi connectivity index (χ1n) is 9.61. The summed E-state index contributed by atoms with van der Waals surface area (Å²) in [5.41, 5.74) is 3.50. The SMILES string of the molecule is Cc1ccc(-c2c(C)sc3nc(CNC(C)c4ccc(F)c(F)c4)[nH]c(=O)c23)cc1. The minimum absolute atomic E-state index is 0.183. The first kappa shape index (κ1) is 20.4. The topological polar surface area (TPSA) is 57.8 Å². The molecule has 154 valence electrons. The molecule has 0 saturated carbocycles. The zero-order chi connectivity index (χ0) is 21.4. The number of fused-ring (bicyclic) bond motifs is 1. The van der Waals surface area contributed by atoms with E-state index in [0.717, 1.165) is 27.6 Å². The van der Waals surface area contributed by atoms with Crippen molar-refractivity contribution in [2.75, 3.05) is 0 Å². The number of aromatic nitrogens is 2. The number of aromatic amines is 1.